The lowest BCUT2D eigenvalue weighted by Crippen LogP contribution is -2.44. The maximum absolute atomic E-state index is 12.2. The van der Waals surface area contributed by atoms with Gasteiger partial charge in [0.05, 0.1) is 6.54 Å². The van der Waals surface area contributed by atoms with E-state index in [-0.39, 0.29) is 5.91 Å². The van der Waals surface area contributed by atoms with Gasteiger partial charge in [-0.3, -0.25) is 9.69 Å². The largest absolute Gasteiger partial charge is 0.352 e. The number of nitrogens with one attached hydrogen (secondary N) is 1. The van der Waals surface area contributed by atoms with Crippen LogP contribution in [-0.2, 0) is 11.3 Å². The van der Waals surface area contributed by atoms with E-state index in [2.05, 4.69) is 48.3 Å². The van der Waals surface area contributed by atoms with Crippen molar-refractivity contribution in [3.05, 3.63) is 35.4 Å². The Morgan fingerprint density at radius 2 is 1.90 bits per heavy atom. The predicted octanol–water partition coefficient (Wildman–Crippen LogP) is 3.12. The van der Waals surface area contributed by atoms with Gasteiger partial charge < -0.3 is 5.32 Å². The van der Waals surface area contributed by atoms with E-state index >= 15 is 0 Å². The molecule has 0 heterocycles. The molecular formula is C18H28N2O. The van der Waals surface area contributed by atoms with Gasteiger partial charge in [0.25, 0.3) is 0 Å². The van der Waals surface area contributed by atoms with Crippen LogP contribution >= 0.6 is 0 Å². The fourth-order valence-electron chi connectivity index (χ4n) is 3.09. The van der Waals surface area contributed by atoms with Gasteiger partial charge in [0.1, 0.15) is 0 Å². The molecule has 0 aromatic heterocycles. The lowest BCUT2D eigenvalue weighted by molar-refractivity contribution is -0.123. The highest BCUT2D eigenvalue weighted by atomic mass is 16.2. The fourth-order valence-corrected chi connectivity index (χ4v) is 3.09. The first-order valence-corrected chi connectivity index (χ1v) is 8.08. The van der Waals surface area contributed by atoms with E-state index in [0.29, 0.717) is 18.5 Å². The normalized spacial score (nSPS) is 22.3. The van der Waals surface area contributed by atoms with E-state index in [1.807, 2.05) is 7.05 Å². The van der Waals surface area contributed by atoms with Crippen LogP contribution in [0.15, 0.2) is 24.3 Å². The summed E-state index contributed by atoms with van der Waals surface area (Å²) in [5.74, 6) is 0.772. The minimum absolute atomic E-state index is 0.156. The van der Waals surface area contributed by atoms with Crippen LogP contribution in [0, 0.1) is 12.8 Å². The van der Waals surface area contributed by atoms with E-state index < -0.39 is 0 Å². The van der Waals surface area contributed by atoms with Gasteiger partial charge in [-0.25, -0.2) is 0 Å². The van der Waals surface area contributed by atoms with Crippen LogP contribution < -0.4 is 5.32 Å². The van der Waals surface area contributed by atoms with Crippen LogP contribution in [0.4, 0.5) is 0 Å². The molecule has 0 bridgehead atoms. The summed E-state index contributed by atoms with van der Waals surface area (Å²) >= 11 is 0. The number of likely N-dealkylation sites (N-methyl/N-ethyl adjacent to an activating group) is 1. The molecule has 0 saturated heterocycles. The van der Waals surface area contributed by atoms with Crippen LogP contribution in [0.25, 0.3) is 0 Å². The number of hydrogen-bond donors (Lipinski definition) is 1. The highest BCUT2D eigenvalue weighted by molar-refractivity contribution is 5.78. The van der Waals surface area contributed by atoms with Crippen LogP contribution in [0.1, 0.15) is 43.7 Å². The zero-order valence-corrected chi connectivity index (χ0v) is 13.6. The second-order valence-electron chi connectivity index (χ2n) is 6.59. The van der Waals surface area contributed by atoms with E-state index in [4.69, 9.17) is 0 Å². The molecule has 1 aliphatic carbocycles. The lowest BCUT2D eigenvalue weighted by Gasteiger charge is -2.30. The Hall–Kier alpha value is -1.35. The lowest BCUT2D eigenvalue weighted by atomic mass is 9.86. The van der Waals surface area contributed by atoms with Gasteiger partial charge in [0, 0.05) is 12.6 Å². The molecule has 1 aromatic carbocycles. The van der Waals surface area contributed by atoms with E-state index in [1.54, 1.807) is 0 Å². The second-order valence-corrected chi connectivity index (χ2v) is 6.59. The number of carbonyl (C=O) groups is 1. The van der Waals surface area contributed by atoms with Crippen LogP contribution in [0.5, 0.6) is 0 Å². The first-order chi connectivity index (χ1) is 10.0. The van der Waals surface area contributed by atoms with Crippen molar-refractivity contribution in [1.29, 1.82) is 0 Å². The standard InChI is InChI=1S/C18H28N2O/c1-14-8-10-16(11-9-14)12-20(3)13-18(21)19-17-7-5-4-6-15(17)2/h8-11,15,17H,4-7,12-13H2,1-3H3,(H,19,21)/t15-,17-/m1/s1. The highest BCUT2D eigenvalue weighted by Gasteiger charge is 2.22. The number of hydrogen-bond acceptors (Lipinski definition) is 2. The van der Waals surface area contributed by atoms with Crippen molar-refractivity contribution in [2.45, 2.75) is 52.1 Å². The Bertz CT molecular complexity index is 455. The van der Waals surface area contributed by atoms with E-state index in [1.165, 1.54) is 30.4 Å². The molecule has 0 aliphatic heterocycles. The van der Waals surface area contributed by atoms with Gasteiger partial charge in [-0.2, -0.15) is 0 Å². The van der Waals surface area contributed by atoms with Crippen molar-refractivity contribution < 1.29 is 4.79 Å². The Kier molecular flexibility index (Phi) is 5.80. The average molecular weight is 288 g/mol. The third-order valence-corrected chi connectivity index (χ3v) is 4.44. The minimum Gasteiger partial charge on any atom is -0.352 e. The fraction of sp³-hybridized carbons (Fsp3) is 0.611. The number of aryl methyl sites for hydroxylation is 1. The molecule has 3 heteroatoms. The van der Waals surface area contributed by atoms with Crippen LogP contribution in [-0.4, -0.2) is 30.4 Å². The van der Waals surface area contributed by atoms with Crippen molar-refractivity contribution in [3.8, 4) is 0 Å². The van der Waals surface area contributed by atoms with E-state index in [0.717, 1.165) is 13.0 Å². The summed E-state index contributed by atoms with van der Waals surface area (Å²) < 4.78 is 0. The van der Waals surface area contributed by atoms with Crippen molar-refractivity contribution in [3.63, 3.8) is 0 Å². The molecule has 116 valence electrons. The number of rotatable bonds is 5. The molecule has 1 aromatic rings. The van der Waals surface area contributed by atoms with Gasteiger partial charge in [0.15, 0.2) is 0 Å². The minimum atomic E-state index is 0.156. The second kappa shape index (κ2) is 7.60. The maximum Gasteiger partial charge on any atom is 0.234 e. The van der Waals surface area contributed by atoms with E-state index in [9.17, 15) is 4.79 Å². The molecule has 1 amide bonds. The van der Waals surface area contributed by atoms with Crippen molar-refractivity contribution in [1.82, 2.24) is 10.2 Å². The highest BCUT2D eigenvalue weighted by Crippen LogP contribution is 2.23. The maximum atomic E-state index is 12.2. The van der Waals surface area contributed by atoms with Crippen LogP contribution in [0.3, 0.4) is 0 Å². The number of benzene rings is 1. The number of amides is 1. The summed E-state index contributed by atoms with van der Waals surface area (Å²) in [4.78, 5) is 14.2. The summed E-state index contributed by atoms with van der Waals surface area (Å²) in [5, 5.41) is 3.21. The molecule has 0 spiro atoms. The first kappa shape index (κ1) is 16.0. The quantitative estimate of drug-likeness (QED) is 0.903. The van der Waals surface area contributed by atoms with Gasteiger partial charge in [-0.15, -0.1) is 0 Å². The van der Waals surface area contributed by atoms with Gasteiger partial charge in [-0.1, -0.05) is 49.6 Å². The average Bonchev–Trinajstić information content (AvgIpc) is 2.44. The summed E-state index contributed by atoms with van der Waals surface area (Å²) in [6.45, 7) is 5.62. The third kappa shape index (κ3) is 5.16. The summed E-state index contributed by atoms with van der Waals surface area (Å²) in [7, 11) is 2.00. The molecule has 0 unspecified atom stereocenters. The summed E-state index contributed by atoms with van der Waals surface area (Å²) in [6, 6.07) is 8.87. The van der Waals surface area contributed by atoms with Crippen molar-refractivity contribution >= 4 is 5.91 Å². The monoisotopic (exact) mass is 288 g/mol. The molecule has 1 saturated carbocycles. The third-order valence-electron chi connectivity index (χ3n) is 4.44. The Balaban J connectivity index is 1.77. The van der Waals surface area contributed by atoms with Gasteiger partial charge in [-0.05, 0) is 38.3 Å². The first-order valence-electron chi connectivity index (χ1n) is 8.08. The van der Waals surface area contributed by atoms with Crippen molar-refractivity contribution in [2.24, 2.45) is 5.92 Å². The van der Waals surface area contributed by atoms with Crippen molar-refractivity contribution in [2.75, 3.05) is 13.6 Å². The predicted molar refractivity (Wildman–Crippen MR) is 87.1 cm³/mol. The smallest absolute Gasteiger partial charge is 0.234 e. The van der Waals surface area contributed by atoms with Gasteiger partial charge >= 0.3 is 0 Å². The molecule has 2 rings (SSSR count). The molecule has 21 heavy (non-hydrogen) atoms. The summed E-state index contributed by atoms with van der Waals surface area (Å²) in [6.07, 6.45) is 4.92. The zero-order valence-electron chi connectivity index (χ0n) is 13.6. The SMILES string of the molecule is Cc1ccc(CN(C)CC(=O)N[C@@H]2CCCC[C@H]2C)cc1. The molecule has 0 radical (unpaired) electrons. The molecule has 1 aliphatic rings. The topological polar surface area (TPSA) is 32.3 Å². The number of nitrogens with zero attached hydrogens (tertiary/aromatic N) is 1. The van der Waals surface area contributed by atoms with Crippen LogP contribution in [0.2, 0.25) is 0 Å². The van der Waals surface area contributed by atoms with Gasteiger partial charge in [0.2, 0.25) is 5.91 Å². The molecule has 1 N–H and O–H groups in total. The Morgan fingerprint density at radius 1 is 1.24 bits per heavy atom. The number of carbonyl (C=O) groups excluding carboxylic acids is 1. The molecule has 2 atom stereocenters. The molecular weight excluding hydrogens is 260 g/mol. The molecule has 1 fully saturated rings. The summed E-state index contributed by atoms with van der Waals surface area (Å²) in [5.41, 5.74) is 2.52. The molecule has 3 nitrogen and oxygen atoms in total. The Morgan fingerprint density at radius 3 is 2.57 bits per heavy atom. The zero-order chi connectivity index (χ0) is 15.2. The Labute approximate surface area is 128 Å².